The van der Waals surface area contributed by atoms with E-state index in [1.54, 1.807) is 24.3 Å². The minimum Gasteiger partial charge on any atom is -0.326 e. The summed E-state index contributed by atoms with van der Waals surface area (Å²) in [4.78, 5) is 0. The van der Waals surface area contributed by atoms with E-state index < -0.39 is 10.0 Å². The van der Waals surface area contributed by atoms with Gasteiger partial charge < -0.3 is 5.73 Å². The van der Waals surface area contributed by atoms with Crippen molar-refractivity contribution in [1.82, 2.24) is 4.72 Å². The Morgan fingerprint density at radius 2 is 2.21 bits per heavy atom. The molecule has 0 aromatic heterocycles. The molecule has 0 heterocycles. The van der Waals surface area contributed by atoms with Gasteiger partial charge in [-0.15, -0.1) is 0 Å². The van der Waals surface area contributed by atoms with Crippen molar-refractivity contribution in [2.24, 2.45) is 11.7 Å². The van der Waals surface area contributed by atoms with Gasteiger partial charge in [-0.05, 0) is 36.5 Å². The predicted octanol–water partition coefficient (Wildman–Crippen LogP) is 0.715. The molecule has 6 heteroatoms. The highest BCUT2D eigenvalue weighted by atomic mass is 32.2. The third-order valence-electron chi connectivity index (χ3n) is 3.18. The minimum atomic E-state index is -3.40. The maximum Gasteiger partial charge on any atom is 0.215 e. The van der Waals surface area contributed by atoms with Crippen LogP contribution in [0, 0.1) is 17.2 Å². The molecular formula is C13H17N3O2S. The molecule has 1 unspecified atom stereocenters. The Hall–Kier alpha value is -1.42. The van der Waals surface area contributed by atoms with E-state index in [2.05, 4.69) is 4.72 Å². The van der Waals surface area contributed by atoms with Gasteiger partial charge in [0.15, 0.2) is 0 Å². The van der Waals surface area contributed by atoms with Gasteiger partial charge >= 0.3 is 0 Å². The Labute approximate surface area is 113 Å². The van der Waals surface area contributed by atoms with Gasteiger partial charge in [-0.2, -0.15) is 5.26 Å². The molecule has 5 nitrogen and oxygen atoms in total. The second-order valence-corrected chi connectivity index (χ2v) is 6.73. The zero-order chi connectivity index (χ0) is 13.9. The van der Waals surface area contributed by atoms with Crippen LogP contribution in [0.2, 0.25) is 0 Å². The van der Waals surface area contributed by atoms with E-state index in [0.29, 0.717) is 17.0 Å². The summed E-state index contributed by atoms with van der Waals surface area (Å²) in [5.74, 6) is 0.338. The lowest BCUT2D eigenvalue weighted by molar-refractivity contribution is 0.547. The monoisotopic (exact) mass is 279 g/mol. The number of nitrogens with zero attached hydrogens (tertiary/aromatic N) is 1. The molecule has 1 aromatic rings. The molecule has 0 saturated heterocycles. The average molecular weight is 279 g/mol. The first-order valence-electron chi connectivity index (χ1n) is 6.22. The van der Waals surface area contributed by atoms with Gasteiger partial charge in [-0.3, -0.25) is 0 Å². The molecule has 0 amide bonds. The third-order valence-corrected chi connectivity index (χ3v) is 4.50. The Kier molecular flexibility index (Phi) is 4.20. The van der Waals surface area contributed by atoms with E-state index in [1.165, 1.54) is 0 Å². The molecule has 0 bridgehead atoms. The highest BCUT2D eigenvalue weighted by molar-refractivity contribution is 7.88. The third kappa shape index (κ3) is 4.31. The summed E-state index contributed by atoms with van der Waals surface area (Å²) < 4.78 is 26.3. The lowest BCUT2D eigenvalue weighted by atomic mass is 10.2. The van der Waals surface area contributed by atoms with Crippen molar-refractivity contribution in [3.05, 3.63) is 35.4 Å². The van der Waals surface area contributed by atoms with Crippen molar-refractivity contribution < 1.29 is 8.42 Å². The SMILES string of the molecule is N#Cc1cccc(CS(=O)(=O)NCC(N)C2CC2)c1. The Bertz CT molecular complexity index is 588. The highest BCUT2D eigenvalue weighted by Gasteiger charge is 2.29. The van der Waals surface area contributed by atoms with Gasteiger partial charge in [0.05, 0.1) is 17.4 Å². The number of nitriles is 1. The van der Waals surface area contributed by atoms with Crippen LogP contribution in [0.15, 0.2) is 24.3 Å². The molecule has 0 spiro atoms. The topological polar surface area (TPSA) is 96.0 Å². The fourth-order valence-corrected chi connectivity index (χ4v) is 3.08. The van der Waals surface area contributed by atoms with E-state index in [0.717, 1.165) is 12.8 Å². The van der Waals surface area contributed by atoms with Crippen LogP contribution in [0.25, 0.3) is 0 Å². The van der Waals surface area contributed by atoms with E-state index in [-0.39, 0.29) is 18.3 Å². The van der Waals surface area contributed by atoms with Crippen molar-refractivity contribution in [2.45, 2.75) is 24.6 Å². The van der Waals surface area contributed by atoms with E-state index >= 15 is 0 Å². The molecule has 0 radical (unpaired) electrons. The zero-order valence-corrected chi connectivity index (χ0v) is 11.4. The molecular weight excluding hydrogens is 262 g/mol. The first kappa shape index (κ1) is 14.0. The molecule has 102 valence electrons. The standard InChI is InChI=1S/C13H17N3O2S/c14-7-10-2-1-3-11(6-10)9-19(17,18)16-8-13(15)12-4-5-12/h1-3,6,12-13,16H,4-5,8-9,15H2. The van der Waals surface area contributed by atoms with Crippen LogP contribution < -0.4 is 10.5 Å². The smallest absolute Gasteiger partial charge is 0.215 e. The zero-order valence-electron chi connectivity index (χ0n) is 10.5. The van der Waals surface area contributed by atoms with Gasteiger partial charge in [0.1, 0.15) is 0 Å². The summed E-state index contributed by atoms with van der Waals surface area (Å²) in [6, 6.07) is 8.50. The molecule has 1 aromatic carbocycles. The van der Waals surface area contributed by atoms with Gasteiger partial charge in [0, 0.05) is 12.6 Å². The maximum atomic E-state index is 11.9. The first-order chi connectivity index (χ1) is 9.00. The Balaban J connectivity index is 1.94. The second-order valence-electron chi connectivity index (χ2n) is 4.92. The number of hydrogen-bond acceptors (Lipinski definition) is 4. The summed E-state index contributed by atoms with van der Waals surface area (Å²) in [5.41, 5.74) is 6.92. The minimum absolute atomic E-state index is 0.0970. The van der Waals surface area contributed by atoms with Crippen molar-refractivity contribution in [3.8, 4) is 6.07 Å². The fraction of sp³-hybridized carbons (Fsp3) is 0.462. The molecule has 1 aliphatic rings. The first-order valence-corrected chi connectivity index (χ1v) is 7.87. The number of sulfonamides is 1. The van der Waals surface area contributed by atoms with Crippen molar-refractivity contribution in [3.63, 3.8) is 0 Å². The summed E-state index contributed by atoms with van der Waals surface area (Å²) >= 11 is 0. The predicted molar refractivity (Wildman–Crippen MR) is 72.5 cm³/mol. The van der Waals surface area contributed by atoms with Gasteiger partial charge in [-0.25, -0.2) is 13.1 Å². The molecule has 1 aliphatic carbocycles. The molecule has 1 saturated carbocycles. The van der Waals surface area contributed by atoms with Crippen LogP contribution in [-0.2, 0) is 15.8 Å². The lowest BCUT2D eigenvalue weighted by Crippen LogP contribution is -2.39. The Morgan fingerprint density at radius 3 is 2.84 bits per heavy atom. The quantitative estimate of drug-likeness (QED) is 0.801. The normalized spacial score (nSPS) is 16.8. The molecule has 19 heavy (non-hydrogen) atoms. The lowest BCUT2D eigenvalue weighted by Gasteiger charge is -2.12. The highest BCUT2D eigenvalue weighted by Crippen LogP contribution is 2.31. The average Bonchev–Trinajstić information content (AvgIpc) is 3.20. The van der Waals surface area contributed by atoms with Crippen LogP contribution in [0.1, 0.15) is 24.0 Å². The molecule has 1 fully saturated rings. The van der Waals surface area contributed by atoms with E-state index in [4.69, 9.17) is 11.0 Å². The summed E-state index contributed by atoms with van der Waals surface area (Å²) in [6.45, 7) is 0.283. The molecule has 2 rings (SSSR count). The number of nitrogens with one attached hydrogen (secondary N) is 1. The second kappa shape index (κ2) is 5.70. The summed E-state index contributed by atoms with van der Waals surface area (Å²) in [6.07, 6.45) is 2.18. The Morgan fingerprint density at radius 1 is 1.47 bits per heavy atom. The van der Waals surface area contributed by atoms with Crippen molar-refractivity contribution in [1.29, 1.82) is 5.26 Å². The van der Waals surface area contributed by atoms with Crippen LogP contribution in [0.3, 0.4) is 0 Å². The summed E-state index contributed by atoms with van der Waals surface area (Å²) in [5, 5.41) is 8.77. The van der Waals surface area contributed by atoms with Crippen molar-refractivity contribution >= 4 is 10.0 Å². The number of nitrogens with two attached hydrogens (primary N) is 1. The van der Waals surface area contributed by atoms with Crippen molar-refractivity contribution in [2.75, 3.05) is 6.54 Å². The molecule has 0 aliphatic heterocycles. The molecule has 3 N–H and O–H groups in total. The van der Waals surface area contributed by atoms with Gasteiger partial charge in [0.25, 0.3) is 0 Å². The van der Waals surface area contributed by atoms with Crippen LogP contribution in [0.4, 0.5) is 0 Å². The number of hydrogen-bond donors (Lipinski definition) is 2. The van der Waals surface area contributed by atoms with Crippen LogP contribution in [-0.4, -0.2) is 21.0 Å². The molecule has 1 atom stereocenters. The fourth-order valence-electron chi connectivity index (χ4n) is 1.92. The van der Waals surface area contributed by atoms with Crippen LogP contribution >= 0.6 is 0 Å². The van der Waals surface area contributed by atoms with E-state index in [1.807, 2.05) is 6.07 Å². The number of benzene rings is 1. The largest absolute Gasteiger partial charge is 0.326 e. The van der Waals surface area contributed by atoms with E-state index in [9.17, 15) is 8.42 Å². The van der Waals surface area contributed by atoms with Gasteiger partial charge in [-0.1, -0.05) is 12.1 Å². The van der Waals surface area contributed by atoms with Crippen LogP contribution in [0.5, 0.6) is 0 Å². The summed E-state index contributed by atoms with van der Waals surface area (Å²) in [7, 11) is -3.40. The van der Waals surface area contributed by atoms with Gasteiger partial charge in [0.2, 0.25) is 10.0 Å². The number of rotatable bonds is 6. The maximum absolute atomic E-state index is 11.9.